The molecule has 0 spiro atoms. The molecular weight excluding hydrogens is 366 g/mol. The highest BCUT2D eigenvalue weighted by Gasteiger charge is 2.18. The number of halogens is 2. The van der Waals surface area contributed by atoms with E-state index in [0.717, 1.165) is 10.0 Å². The molecule has 2 rings (SSSR count). The van der Waals surface area contributed by atoms with Crippen LogP contribution >= 0.6 is 27.5 Å². The van der Waals surface area contributed by atoms with Crippen LogP contribution in [0.15, 0.2) is 46.9 Å². The molecular formula is C17H17BrClNO2. The zero-order valence-electron chi connectivity index (χ0n) is 12.4. The van der Waals surface area contributed by atoms with Crippen LogP contribution in [0, 0.1) is 6.92 Å². The zero-order valence-corrected chi connectivity index (χ0v) is 14.7. The molecule has 22 heavy (non-hydrogen) atoms. The van der Waals surface area contributed by atoms with Crippen molar-refractivity contribution in [2.24, 2.45) is 0 Å². The zero-order chi connectivity index (χ0) is 16.1. The largest absolute Gasteiger partial charge is 0.481 e. The molecule has 0 heterocycles. The Morgan fingerprint density at radius 1 is 1.27 bits per heavy atom. The van der Waals surface area contributed by atoms with Gasteiger partial charge in [-0.15, -0.1) is 0 Å². The van der Waals surface area contributed by atoms with Crippen LogP contribution in [0.4, 0.5) is 5.69 Å². The maximum absolute atomic E-state index is 12.3. The van der Waals surface area contributed by atoms with Crippen molar-refractivity contribution in [1.29, 1.82) is 0 Å². The molecule has 0 aliphatic carbocycles. The van der Waals surface area contributed by atoms with E-state index in [1.807, 2.05) is 38.1 Å². The number of hydrogen-bond acceptors (Lipinski definition) is 2. The first kappa shape index (κ1) is 16.8. The van der Waals surface area contributed by atoms with Crippen LogP contribution in [-0.2, 0) is 4.79 Å². The molecule has 116 valence electrons. The quantitative estimate of drug-likeness (QED) is 0.771. The third-order valence-electron chi connectivity index (χ3n) is 3.15. The molecule has 5 heteroatoms. The van der Waals surface area contributed by atoms with E-state index in [0.29, 0.717) is 22.9 Å². The first-order valence-electron chi connectivity index (χ1n) is 6.99. The monoisotopic (exact) mass is 381 g/mol. The molecule has 2 aromatic rings. The molecule has 0 aromatic heterocycles. The third kappa shape index (κ3) is 4.49. The number of ether oxygens (including phenoxy) is 1. The van der Waals surface area contributed by atoms with Crippen molar-refractivity contribution in [3.05, 3.63) is 57.5 Å². The van der Waals surface area contributed by atoms with Crippen molar-refractivity contribution in [2.45, 2.75) is 26.4 Å². The van der Waals surface area contributed by atoms with Gasteiger partial charge < -0.3 is 10.1 Å². The minimum atomic E-state index is -0.551. The number of anilines is 1. The number of benzene rings is 2. The number of carbonyl (C=O) groups excluding carboxylic acids is 1. The van der Waals surface area contributed by atoms with Gasteiger partial charge in [-0.2, -0.15) is 0 Å². The Morgan fingerprint density at radius 3 is 2.55 bits per heavy atom. The smallest absolute Gasteiger partial charge is 0.265 e. The average molecular weight is 383 g/mol. The number of hydrogen-bond donors (Lipinski definition) is 1. The van der Waals surface area contributed by atoms with Gasteiger partial charge in [-0.05, 0) is 59.6 Å². The molecule has 0 saturated heterocycles. The maximum atomic E-state index is 12.3. The van der Waals surface area contributed by atoms with Crippen LogP contribution < -0.4 is 10.1 Å². The molecule has 0 aliphatic rings. The maximum Gasteiger partial charge on any atom is 0.265 e. The predicted molar refractivity (Wildman–Crippen MR) is 93.7 cm³/mol. The summed E-state index contributed by atoms with van der Waals surface area (Å²) >= 11 is 9.34. The fourth-order valence-corrected chi connectivity index (χ4v) is 2.33. The van der Waals surface area contributed by atoms with Crippen LogP contribution in [0.5, 0.6) is 5.75 Å². The van der Waals surface area contributed by atoms with Gasteiger partial charge in [-0.25, -0.2) is 0 Å². The molecule has 0 radical (unpaired) electrons. The molecule has 0 bridgehead atoms. The summed E-state index contributed by atoms with van der Waals surface area (Å²) in [5, 5.41) is 3.37. The SMILES string of the molecule is CC[C@H](Oc1ccc(C)cc1)C(=O)Nc1ccc(Br)c(Cl)c1. The lowest BCUT2D eigenvalue weighted by molar-refractivity contribution is -0.122. The van der Waals surface area contributed by atoms with Gasteiger partial charge in [0.25, 0.3) is 5.91 Å². The third-order valence-corrected chi connectivity index (χ3v) is 4.38. The van der Waals surface area contributed by atoms with Crippen molar-refractivity contribution >= 4 is 39.1 Å². The summed E-state index contributed by atoms with van der Waals surface area (Å²) < 4.78 is 6.54. The van der Waals surface area contributed by atoms with Gasteiger partial charge in [-0.1, -0.05) is 36.2 Å². The highest BCUT2D eigenvalue weighted by Crippen LogP contribution is 2.25. The molecule has 0 unspecified atom stereocenters. The fourth-order valence-electron chi connectivity index (χ4n) is 1.90. The van der Waals surface area contributed by atoms with Crippen molar-refractivity contribution < 1.29 is 9.53 Å². The first-order valence-corrected chi connectivity index (χ1v) is 8.16. The molecule has 1 amide bonds. The Hall–Kier alpha value is -1.52. The van der Waals surface area contributed by atoms with E-state index in [-0.39, 0.29) is 5.91 Å². The second-order valence-electron chi connectivity index (χ2n) is 4.95. The molecule has 0 saturated carbocycles. The minimum absolute atomic E-state index is 0.193. The summed E-state index contributed by atoms with van der Waals surface area (Å²) in [5.41, 5.74) is 1.79. The Morgan fingerprint density at radius 2 is 1.95 bits per heavy atom. The predicted octanol–water partition coefficient (Wildman–Crippen LogP) is 5.21. The van der Waals surface area contributed by atoms with Gasteiger partial charge >= 0.3 is 0 Å². The van der Waals surface area contributed by atoms with Crippen LogP contribution in [0.3, 0.4) is 0 Å². The Kier molecular flexibility index (Phi) is 5.86. The van der Waals surface area contributed by atoms with E-state index >= 15 is 0 Å². The van der Waals surface area contributed by atoms with E-state index in [2.05, 4.69) is 21.2 Å². The van der Waals surface area contributed by atoms with Crippen molar-refractivity contribution in [3.63, 3.8) is 0 Å². The number of aryl methyl sites for hydroxylation is 1. The van der Waals surface area contributed by atoms with E-state index in [9.17, 15) is 4.79 Å². The van der Waals surface area contributed by atoms with Crippen LogP contribution in [-0.4, -0.2) is 12.0 Å². The van der Waals surface area contributed by atoms with Crippen molar-refractivity contribution in [3.8, 4) is 5.75 Å². The standard InChI is InChI=1S/C17H17BrClNO2/c1-3-16(22-13-7-4-11(2)5-8-13)17(21)20-12-6-9-14(18)15(19)10-12/h4-10,16H,3H2,1-2H3,(H,20,21)/t16-/m0/s1. The van der Waals surface area contributed by atoms with Gasteiger partial charge in [0.05, 0.1) is 5.02 Å². The second-order valence-corrected chi connectivity index (χ2v) is 6.21. The van der Waals surface area contributed by atoms with Gasteiger partial charge in [-0.3, -0.25) is 4.79 Å². The fraction of sp³-hybridized carbons (Fsp3) is 0.235. The lowest BCUT2D eigenvalue weighted by atomic mass is 10.2. The van der Waals surface area contributed by atoms with Crippen LogP contribution in [0.25, 0.3) is 0 Å². The summed E-state index contributed by atoms with van der Waals surface area (Å²) in [6.45, 7) is 3.91. The van der Waals surface area contributed by atoms with Gasteiger partial charge in [0.15, 0.2) is 6.10 Å². The Labute approximate surface area is 143 Å². The minimum Gasteiger partial charge on any atom is -0.481 e. The highest BCUT2D eigenvalue weighted by atomic mass is 79.9. The van der Waals surface area contributed by atoms with E-state index in [1.54, 1.807) is 18.2 Å². The van der Waals surface area contributed by atoms with E-state index in [4.69, 9.17) is 16.3 Å². The molecule has 1 N–H and O–H groups in total. The second kappa shape index (κ2) is 7.65. The van der Waals surface area contributed by atoms with Crippen molar-refractivity contribution in [1.82, 2.24) is 0 Å². The molecule has 3 nitrogen and oxygen atoms in total. The molecule has 1 atom stereocenters. The van der Waals surface area contributed by atoms with Gasteiger partial charge in [0, 0.05) is 10.2 Å². The molecule has 2 aromatic carbocycles. The highest BCUT2D eigenvalue weighted by molar-refractivity contribution is 9.10. The summed E-state index contributed by atoms with van der Waals surface area (Å²) in [6.07, 6.45) is 0.0226. The summed E-state index contributed by atoms with van der Waals surface area (Å²) in [6, 6.07) is 12.9. The number of nitrogens with one attached hydrogen (secondary N) is 1. The normalized spacial score (nSPS) is 11.8. The Balaban J connectivity index is 2.04. The first-order chi connectivity index (χ1) is 10.5. The molecule has 0 fully saturated rings. The van der Waals surface area contributed by atoms with Crippen LogP contribution in [0.1, 0.15) is 18.9 Å². The average Bonchev–Trinajstić information content (AvgIpc) is 2.50. The lowest BCUT2D eigenvalue weighted by Gasteiger charge is -2.17. The van der Waals surface area contributed by atoms with E-state index in [1.165, 1.54) is 0 Å². The van der Waals surface area contributed by atoms with Crippen LogP contribution in [0.2, 0.25) is 5.02 Å². The van der Waals surface area contributed by atoms with Gasteiger partial charge in [0.2, 0.25) is 0 Å². The topological polar surface area (TPSA) is 38.3 Å². The molecule has 0 aliphatic heterocycles. The number of carbonyl (C=O) groups is 1. The van der Waals surface area contributed by atoms with Gasteiger partial charge in [0.1, 0.15) is 5.75 Å². The summed E-state index contributed by atoms with van der Waals surface area (Å²) in [5.74, 6) is 0.489. The Bertz CT molecular complexity index is 658. The lowest BCUT2D eigenvalue weighted by Crippen LogP contribution is -2.32. The number of amides is 1. The van der Waals surface area contributed by atoms with Crippen molar-refractivity contribution in [2.75, 3.05) is 5.32 Å². The number of rotatable bonds is 5. The summed E-state index contributed by atoms with van der Waals surface area (Å²) in [4.78, 5) is 12.3. The summed E-state index contributed by atoms with van der Waals surface area (Å²) in [7, 11) is 0. The van der Waals surface area contributed by atoms with E-state index < -0.39 is 6.10 Å².